The maximum atomic E-state index is 5.92. The molecule has 0 rings (SSSR count). The molecule has 0 aliphatic heterocycles. The van der Waals surface area contributed by atoms with Crippen molar-refractivity contribution in [1.29, 1.82) is 0 Å². The van der Waals surface area contributed by atoms with Gasteiger partial charge in [0.2, 0.25) is 0 Å². The molecule has 0 bridgehead atoms. The molecule has 0 aromatic rings. The van der Waals surface area contributed by atoms with Gasteiger partial charge in [0.25, 0.3) is 0 Å². The Kier molecular flexibility index (Phi) is 7.45. The van der Waals surface area contributed by atoms with Crippen molar-refractivity contribution in [3.8, 4) is 0 Å². The number of hydrogen-bond donors (Lipinski definition) is 1. The lowest BCUT2D eigenvalue weighted by Gasteiger charge is -2.35. The van der Waals surface area contributed by atoms with Crippen LogP contribution >= 0.6 is 0 Å². The smallest absolute Gasteiger partial charge is 0.355 e. The first-order chi connectivity index (χ1) is 6.70. The van der Waals surface area contributed by atoms with Gasteiger partial charge >= 0.3 is 8.56 Å². The molecule has 0 aromatic carbocycles. The van der Waals surface area contributed by atoms with Gasteiger partial charge in [0.05, 0.1) is 5.67 Å². The molecule has 1 N–H and O–H groups in total. The van der Waals surface area contributed by atoms with Crippen molar-refractivity contribution in [1.82, 2.24) is 5.32 Å². The van der Waals surface area contributed by atoms with Gasteiger partial charge in [0.1, 0.15) is 0 Å². The largest absolute Gasteiger partial charge is 0.394 e. The van der Waals surface area contributed by atoms with E-state index in [4.69, 9.17) is 8.85 Å². The number of rotatable bonds is 8. The molecule has 0 aromatic heterocycles. The van der Waals surface area contributed by atoms with E-state index in [1.54, 1.807) is 0 Å². The summed E-state index contributed by atoms with van der Waals surface area (Å²) in [5, 5.41) is 3.32. The summed E-state index contributed by atoms with van der Waals surface area (Å²) in [6.07, 6.45) is 1.07. The van der Waals surface area contributed by atoms with Gasteiger partial charge in [-0.2, -0.15) is 0 Å². The van der Waals surface area contributed by atoms with Crippen molar-refractivity contribution in [2.75, 3.05) is 20.3 Å². The molecule has 14 heavy (non-hydrogen) atoms. The molecule has 0 saturated carbocycles. The van der Waals surface area contributed by atoms with Gasteiger partial charge in [-0.1, -0.05) is 13.8 Å². The fraction of sp³-hybridized carbons (Fsp3) is 1.00. The summed E-state index contributed by atoms with van der Waals surface area (Å²) in [7, 11) is -0.0203. The minimum Gasteiger partial charge on any atom is -0.394 e. The van der Waals surface area contributed by atoms with E-state index in [9.17, 15) is 0 Å². The first-order valence-corrected chi connectivity index (χ1v) is 7.75. The third-order valence-electron chi connectivity index (χ3n) is 2.56. The van der Waals surface area contributed by atoms with Crippen LogP contribution in [0.1, 0.15) is 34.1 Å². The molecule has 0 saturated heterocycles. The lowest BCUT2D eigenvalue weighted by Crippen LogP contribution is -2.58. The van der Waals surface area contributed by atoms with Crippen molar-refractivity contribution < 1.29 is 8.85 Å². The van der Waals surface area contributed by atoms with Crippen LogP contribution in [0.5, 0.6) is 0 Å². The van der Waals surface area contributed by atoms with Crippen LogP contribution in [0.15, 0.2) is 0 Å². The molecule has 0 amide bonds. The van der Waals surface area contributed by atoms with Gasteiger partial charge in [-0.15, -0.1) is 0 Å². The maximum absolute atomic E-state index is 5.92. The normalized spacial score (nSPS) is 14.4. The maximum Gasteiger partial charge on any atom is 0.355 e. The summed E-state index contributed by atoms with van der Waals surface area (Å²) in [6.45, 7) is 9.92. The van der Waals surface area contributed by atoms with Crippen LogP contribution in [0.2, 0.25) is 6.04 Å². The second-order valence-electron chi connectivity index (χ2n) is 3.28. The summed E-state index contributed by atoms with van der Waals surface area (Å²) in [5.41, 5.74) is 0.396. The minimum absolute atomic E-state index is 0.396. The summed E-state index contributed by atoms with van der Waals surface area (Å²) < 4.78 is 11.8. The van der Waals surface area contributed by atoms with Gasteiger partial charge in [0, 0.05) is 13.2 Å². The van der Waals surface area contributed by atoms with Gasteiger partial charge in [-0.3, -0.25) is 0 Å². The first-order valence-electron chi connectivity index (χ1n) is 5.65. The lowest BCUT2D eigenvalue weighted by molar-refractivity contribution is 0.169. The van der Waals surface area contributed by atoms with Crippen LogP contribution < -0.4 is 5.32 Å². The molecule has 0 fully saturated rings. The van der Waals surface area contributed by atoms with Crippen LogP contribution in [0.3, 0.4) is 0 Å². The molecule has 0 heterocycles. The Balaban J connectivity index is 4.59. The van der Waals surface area contributed by atoms with Crippen LogP contribution in [-0.4, -0.2) is 34.5 Å². The zero-order valence-electron chi connectivity index (χ0n) is 10.2. The minimum atomic E-state index is -2.01. The zero-order chi connectivity index (χ0) is 11.0. The van der Waals surface area contributed by atoms with Gasteiger partial charge < -0.3 is 14.2 Å². The predicted molar refractivity (Wildman–Crippen MR) is 62.6 cm³/mol. The van der Waals surface area contributed by atoms with E-state index in [0.717, 1.165) is 25.7 Å². The van der Waals surface area contributed by atoms with E-state index in [1.807, 2.05) is 20.9 Å². The summed E-state index contributed by atoms with van der Waals surface area (Å²) >= 11 is 0. The Morgan fingerprint density at radius 1 is 1.07 bits per heavy atom. The third kappa shape index (κ3) is 3.35. The SMILES string of the molecule is CCO[Si](CC)(OCC)C(CC)NC. The Morgan fingerprint density at radius 3 is 1.79 bits per heavy atom. The zero-order valence-corrected chi connectivity index (χ0v) is 11.2. The molecule has 0 spiro atoms. The van der Waals surface area contributed by atoms with Crippen LogP contribution in [0.25, 0.3) is 0 Å². The van der Waals surface area contributed by atoms with E-state index in [2.05, 4.69) is 19.2 Å². The third-order valence-corrected chi connectivity index (χ3v) is 6.86. The molecule has 4 heteroatoms. The molecule has 0 aliphatic carbocycles. The summed E-state index contributed by atoms with van der Waals surface area (Å²) in [5.74, 6) is 0. The number of hydrogen-bond acceptors (Lipinski definition) is 3. The Hall–Kier alpha value is 0.0969. The molecule has 1 unspecified atom stereocenters. The lowest BCUT2D eigenvalue weighted by atomic mass is 10.5. The summed E-state index contributed by atoms with van der Waals surface area (Å²) in [4.78, 5) is 0. The highest BCUT2D eigenvalue weighted by Crippen LogP contribution is 2.20. The highest BCUT2D eigenvalue weighted by atomic mass is 28.4. The fourth-order valence-corrected chi connectivity index (χ4v) is 5.34. The van der Waals surface area contributed by atoms with Crippen molar-refractivity contribution in [2.45, 2.75) is 45.8 Å². The molecule has 1 atom stereocenters. The van der Waals surface area contributed by atoms with Crippen molar-refractivity contribution >= 4 is 8.56 Å². The quantitative estimate of drug-likeness (QED) is 0.634. The Morgan fingerprint density at radius 2 is 1.57 bits per heavy atom. The monoisotopic (exact) mass is 219 g/mol. The average Bonchev–Trinajstić information content (AvgIpc) is 2.20. The van der Waals surface area contributed by atoms with Crippen LogP contribution in [0.4, 0.5) is 0 Å². The molecule has 86 valence electrons. The first kappa shape index (κ1) is 14.1. The molecular weight excluding hydrogens is 194 g/mol. The van der Waals surface area contributed by atoms with E-state index in [-0.39, 0.29) is 0 Å². The van der Waals surface area contributed by atoms with E-state index < -0.39 is 8.56 Å². The highest BCUT2D eigenvalue weighted by Gasteiger charge is 2.42. The second-order valence-corrected chi connectivity index (χ2v) is 6.89. The van der Waals surface area contributed by atoms with Gasteiger partial charge in [-0.05, 0) is 33.4 Å². The second kappa shape index (κ2) is 7.40. The topological polar surface area (TPSA) is 30.5 Å². The molecule has 0 aliphatic rings. The molecule has 3 nitrogen and oxygen atoms in total. The Bertz CT molecular complexity index is 134. The molecule has 0 radical (unpaired) electrons. The van der Waals surface area contributed by atoms with Crippen LogP contribution in [-0.2, 0) is 8.85 Å². The average molecular weight is 219 g/mol. The summed E-state index contributed by atoms with van der Waals surface area (Å²) in [6, 6.07) is 1.01. The fourth-order valence-electron chi connectivity index (χ4n) is 1.92. The van der Waals surface area contributed by atoms with E-state index in [1.165, 1.54) is 0 Å². The number of nitrogens with one attached hydrogen (secondary N) is 1. The van der Waals surface area contributed by atoms with Gasteiger partial charge in [-0.25, -0.2) is 0 Å². The van der Waals surface area contributed by atoms with Crippen molar-refractivity contribution in [3.63, 3.8) is 0 Å². The molecular formula is C10H25NO2Si. The van der Waals surface area contributed by atoms with Crippen molar-refractivity contribution in [2.24, 2.45) is 0 Å². The van der Waals surface area contributed by atoms with Crippen LogP contribution in [0, 0.1) is 0 Å². The van der Waals surface area contributed by atoms with Crippen molar-refractivity contribution in [3.05, 3.63) is 0 Å². The standard InChI is InChI=1S/C10H25NO2Si/c1-6-10(11-5)14(9-4,12-7-2)13-8-3/h10-11H,6-9H2,1-5H3. The van der Waals surface area contributed by atoms with Gasteiger partial charge in [0.15, 0.2) is 0 Å². The van der Waals surface area contributed by atoms with E-state index in [0.29, 0.717) is 5.67 Å². The Labute approximate surface area is 89.4 Å². The highest BCUT2D eigenvalue weighted by molar-refractivity contribution is 6.69. The predicted octanol–water partition coefficient (Wildman–Crippen LogP) is 2.06. The van der Waals surface area contributed by atoms with E-state index >= 15 is 0 Å².